The SMILES string of the molecule is O=C(N[C@@H]1CC[C@H](C(=O)N2CC(O)(C(=O)O)C2)C1)OCC1c2ccccc2-c2ccccc21. The van der Waals surface area contributed by atoms with Gasteiger partial charge in [0, 0.05) is 17.9 Å². The summed E-state index contributed by atoms with van der Waals surface area (Å²) in [6, 6.07) is 16.1. The number of rotatable bonds is 5. The third-order valence-corrected chi connectivity index (χ3v) is 7.06. The van der Waals surface area contributed by atoms with Crippen LogP contribution in [-0.2, 0) is 14.3 Å². The van der Waals surface area contributed by atoms with Gasteiger partial charge in [0.15, 0.2) is 5.60 Å². The molecule has 33 heavy (non-hydrogen) atoms. The van der Waals surface area contributed by atoms with Crippen LogP contribution in [0.15, 0.2) is 48.5 Å². The number of β-amino-alcohol motifs (C(OH)–C–C–N with tert-alkyl or cyclic N) is 1. The molecule has 0 aromatic heterocycles. The van der Waals surface area contributed by atoms with E-state index in [9.17, 15) is 19.5 Å². The normalized spacial score (nSPS) is 22.8. The van der Waals surface area contributed by atoms with Crippen molar-refractivity contribution in [2.45, 2.75) is 36.8 Å². The summed E-state index contributed by atoms with van der Waals surface area (Å²) in [7, 11) is 0. The van der Waals surface area contributed by atoms with Crippen LogP contribution in [-0.4, -0.2) is 64.4 Å². The van der Waals surface area contributed by atoms with E-state index in [2.05, 4.69) is 29.6 Å². The summed E-state index contributed by atoms with van der Waals surface area (Å²) in [5.41, 5.74) is 2.79. The van der Waals surface area contributed by atoms with Gasteiger partial charge in [-0.15, -0.1) is 0 Å². The van der Waals surface area contributed by atoms with E-state index in [-0.39, 0.29) is 43.5 Å². The highest BCUT2D eigenvalue weighted by molar-refractivity contribution is 5.86. The molecule has 2 aromatic carbocycles. The Morgan fingerprint density at radius 2 is 1.61 bits per heavy atom. The molecule has 8 heteroatoms. The number of carbonyl (C=O) groups is 3. The standard InChI is InChI=1S/C25H26N2O6/c28-22(27-13-25(32,14-27)23(29)30)15-9-10-16(11-15)26-24(31)33-12-21-19-7-3-1-5-17(19)18-6-2-4-8-20(18)21/h1-8,15-16,21,32H,9-14H2,(H,26,31)(H,29,30)/t15-,16+/m0/s1. The summed E-state index contributed by atoms with van der Waals surface area (Å²) in [5, 5.41) is 21.7. The van der Waals surface area contributed by atoms with Gasteiger partial charge in [0.25, 0.3) is 0 Å². The fourth-order valence-electron chi connectivity index (χ4n) is 5.28. The van der Waals surface area contributed by atoms with E-state index >= 15 is 0 Å². The molecule has 3 N–H and O–H groups in total. The minimum absolute atomic E-state index is 0.0135. The molecule has 0 unspecified atom stereocenters. The van der Waals surface area contributed by atoms with E-state index < -0.39 is 17.7 Å². The number of carbonyl (C=O) groups excluding carboxylic acids is 2. The predicted molar refractivity (Wildman–Crippen MR) is 118 cm³/mol. The Balaban J connectivity index is 1.13. The highest BCUT2D eigenvalue weighted by atomic mass is 16.5. The fraction of sp³-hybridized carbons (Fsp3) is 0.400. The van der Waals surface area contributed by atoms with Gasteiger partial charge >= 0.3 is 12.1 Å². The third kappa shape index (κ3) is 3.84. The second-order valence-electron chi connectivity index (χ2n) is 9.21. The zero-order valence-electron chi connectivity index (χ0n) is 18.1. The lowest BCUT2D eigenvalue weighted by molar-refractivity contribution is -0.183. The number of hydrogen-bond acceptors (Lipinski definition) is 5. The zero-order chi connectivity index (χ0) is 23.2. The maximum atomic E-state index is 12.6. The minimum Gasteiger partial charge on any atom is -0.479 e. The summed E-state index contributed by atoms with van der Waals surface area (Å²) in [6.45, 7) is -0.152. The number of carboxylic acids is 1. The van der Waals surface area contributed by atoms with Crippen molar-refractivity contribution in [3.05, 3.63) is 59.7 Å². The number of hydrogen-bond donors (Lipinski definition) is 3. The number of nitrogens with one attached hydrogen (secondary N) is 1. The molecule has 8 nitrogen and oxygen atoms in total. The van der Waals surface area contributed by atoms with Crippen LogP contribution >= 0.6 is 0 Å². The summed E-state index contributed by atoms with van der Waals surface area (Å²) in [6.07, 6.45) is 1.23. The second kappa shape index (κ2) is 8.19. The Morgan fingerprint density at radius 3 is 2.21 bits per heavy atom. The molecule has 0 bridgehead atoms. The van der Waals surface area contributed by atoms with Crippen LogP contribution in [0.2, 0.25) is 0 Å². The first-order valence-electron chi connectivity index (χ1n) is 11.2. The van der Waals surface area contributed by atoms with E-state index in [0.29, 0.717) is 19.3 Å². The number of aliphatic carboxylic acids is 1. The number of benzene rings is 2. The van der Waals surface area contributed by atoms with Crippen molar-refractivity contribution in [2.75, 3.05) is 19.7 Å². The fourth-order valence-corrected chi connectivity index (χ4v) is 5.28. The number of alkyl carbamates (subject to hydrolysis) is 1. The number of carboxylic acid groups (broad SMARTS) is 1. The first kappa shape index (κ1) is 21.5. The van der Waals surface area contributed by atoms with Crippen molar-refractivity contribution in [2.24, 2.45) is 5.92 Å². The van der Waals surface area contributed by atoms with Gasteiger partial charge in [-0.2, -0.15) is 0 Å². The number of nitrogens with zero attached hydrogens (tertiary/aromatic N) is 1. The first-order valence-corrected chi connectivity index (χ1v) is 11.2. The summed E-state index contributed by atoms with van der Waals surface area (Å²) in [5.74, 6) is -1.78. The maximum absolute atomic E-state index is 12.6. The minimum atomic E-state index is -1.84. The molecule has 2 atom stereocenters. The monoisotopic (exact) mass is 450 g/mol. The number of amides is 2. The number of fused-ring (bicyclic) bond motifs is 3. The molecule has 1 saturated carbocycles. The summed E-state index contributed by atoms with van der Waals surface area (Å²) < 4.78 is 5.59. The van der Waals surface area contributed by atoms with Crippen LogP contribution in [0.25, 0.3) is 11.1 Å². The van der Waals surface area contributed by atoms with Crippen LogP contribution in [0.3, 0.4) is 0 Å². The van der Waals surface area contributed by atoms with Crippen molar-refractivity contribution in [3.63, 3.8) is 0 Å². The van der Waals surface area contributed by atoms with Gasteiger partial charge in [-0.3, -0.25) is 4.79 Å². The third-order valence-electron chi connectivity index (χ3n) is 7.06. The average Bonchev–Trinajstić information content (AvgIpc) is 3.37. The number of ether oxygens (including phenoxy) is 1. The molecule has 1 heterocycles. The van der Waals surface area contributed by atoms with Gasteiger partial charge in [0.1, 0.15) is 6.61 Å². The van der Waals surface area contributed by atoms with Crippen molar-refractivity contribution in [1.82, 2.24) is 10.2 Å². The Morgan fingerprint density at radius 1 is 1.00 bits per heavy atom. The van der Waals surface area contributed by atoms with E-state index in [1.54, 1.807) is 0 Å². The lowest BCUT2D eigenvalue weighted by Gasteiger charge is -2.44. The van der Waals surface area contributed by atoms with E-state index in [1.165, 1.54) is 16.0 Å². The van der Waals surface area contributed by atoms with Gasteiger partial charge in [0.05, 0.1) is 13.1 Å². The van der Waals surface area contributed by atoms with Crippen molar-refractivity contribution in [3.8, 4) is 11.1 Å². The lowest BCUT2D eigenvalue weighted by Crippen LogP contribution is -2.68. The van der Waals surface area contributed by atoms with Crippen LogP contribution < -0.4 is 5.32 Å². The molecule has 5 rings (SSSR count). The largest absolute Gasteiger partial charge is 0.479 e. The molecule has 2 aliphatic carbocycles. The summed E-state index contributed by atoms with van der Waals surface area (Å²) >= 11 is 0. The smallest absolute Gasteiger partial charge is 0.407 e. The molecule has 2 aromatic rings. The Bertz CT molecular complexity index is 1060. The predicted octanol–water partition coefficient (Wildman–Crippen LogP) is 2.35. The van der Waals surface area contributed by atoms with Crippen LogP contribution in [0.4, 0.5) is 4.79 Å². The van der Waals surface area contributed by atoms with Crippen LogP contribution in [0.1, 0.15) is 36.3 Å². The molecular weight excluding hydrogens is 424 g/mol. The van der Waals surface area contributed by atoms with Crippen molar-refractivity contribution >= 4 is 18.0 Å². The number of likely N-dealkylation sites (tertiary alicyclic amines) is 1. The topological polar surface area (TPSA) is 116 Å². The maximum Gasteiger partial charge on any atom is 0.407 e. The Kier molecular flexibility index (Phi) is 5.32. The van der Waals surface area contributed by atoms with E-state index in [4.69, 9.17) is 9.84 Å². The van der Waals surface area contributed by atoms with Crippen LogP contribution in [0.5, 0.6) is 0 Å². The average molecular weight is 450 g/mol. The molecular formula is C25H26N2O6. The van der Waals surface area contributed by atoms with E-state index in [1.807, 2.05) is 24.3 Å². The van der Waals surface area contributed by atoms with Crippen molar-refractivity contribution < 1.29 is 29.3 Å². The molecule has 2 amide bonds. The molecule has 2 fully saturated rings. The van der Waals surface area contributed by atoms with E-state index in [0.717, 1.165) is 11.1 Å². The molecule has 3 aliphatic rings. The second-order valence-corrected chi connectivity index (χ2v) is 9.21. The highest BCUT2D eigenvalue weighted by Gasteiger charge is 2.51. The Labute approximate surface area is 191 Å². The summed E-state index contributed by atoms with van der Waals surface area (Å²) in [4.78, 5) is 37.5. The van der Waals surface area contributed by atoms with Crippen LogP contribution in [0, 0.1) is 5.92 Å². The quantitative estimate of drug-likeness (QED) is 0.644. The molecule has 0 radical (unpaired) electrons. The molecule has 1 saturated heterocycles. The Hall–Kier alpha value is -3.39. The highest BCUT2D eigenvalue weighted by Crippen LogP contribution is 2.44. The molecule has 172 valence electrons. The van der Waals surface area contributed by atoms with Gasteiger partial charge in [-0.25, -0.2) is 9.59 Å². The number of aliphatic hydroxyl groups is 1. The van der Waals surface area contributed by atoms with Gasteiger partial charge in [-0.05, 0) is 41.5 Å². The molecule has 1 aliphatic heterocycles. The van der Waals surface area contributed by atoms with Gasteiger partial charge in [0.2, 0.25) is 5.91 Å². The van der Waals surface area contributed by atoms with Gasteiger partial charge in [-0.1, -0.05) is 48.5 Å². The molecule has 0 spiro atoms. The van der Waals surface area contributed by atoms with Gasteiger partial charge < -0.3 is 25.2 Å². The first-order chi connectivity index (χ1) is 15.9. The zero-order valence-corrected chi connectivity index (χ0v) is 18.1. The lowest BCUT2D eigenvalue weighted by atomic mass is 9.92. The van der Waals surface area contributed by atoms with Crippen molar-refractivity contribution in [1.29, 1.82) is 0 Å².